The van der Waals surface area contributed by atoms with Crippen molar-refractivity contribution in [2.45, 2.75) is 13.8 Å². The number of anilines is 2. The van der Waals surface area contributed by atoms with Crippen molar-refractivity contribution in [1.29, 1.82) is 0 Å². The van der Waals surface area contributed by atoms with Gasteiger partial charge >= 0.3 is 0 Å². The molecule has 5 heteroatoms. The van der Waals surface area contributed by atoms with E-state index in [1.807, 2.05) is 18.2 Å². The van der Waals surface area contributed by atoms with Gasteiger partial charge in [-0.1, -0.05) is 44.1 Å². The summed E-state index contributed by atoms with van der Waals surface area (Å²) < 4.78 is 2.11. The number of hydrogen-bond acceptors (Lipinski definition) is 2. The molecule has 2 aromatic carbocycles. The molecule has 0 aliphatic carbocycles. The summed E-state index contributed by atoms with van der Waals surface area (Å²) in [6, 6.07) is 9.98. The van der Waals surface area contributed by atoms with Gasteiger partial charge in [0.15, 0.2) is 0 Å². The van der Waals surface area contributed by atoms with E-state index in [1.165, 1.54) is 11.1 Å². The molecule has 0 spiro atoms. The molecule has 2 rings (SSSR count). The average Bonchev–Trinajstić information content (AvgIpc) is 2.35. The third-order valence-electron chi connectivity index (χ3n) is 2.96. The van der Waals surface area contributed by atoms with Gasteiger partial charge in [-0.05, 0) is 55.3 Å². The van der Waals surface area contributed by atoms with E-state index >= 15 is 0 Å². The third kappa shape index (κ3) is 3.40. The maximum atomic E-state index is 5.77. The van der Waals surface area contributed by atoms with Gasteiger partial charge < -0.3 is 11.1 Å². The number of nitrogens with one attached hydrogen (secondary N) is 1. The Balaban J connectivity index is 2.44. The standard InChI is InChI=1S/C15H14Br2N2S/c1-8-5-11(6-9(2)14(8)17)19-13-7-10(16)3-4-12(13)15(18)20/h3-7,19H,1-2H3,(H2,18,20). The summed E-state index contributed by atoms with van der Waals surface area (Å²) in [6.45, 7) is 4.13. The van der Waals surface area contributed by atoms with Gasteiger partial charge in [-0.15, -0.1) is 0 Å². The summed E-state index contributed by atoms with van der Waals surface area (Å²) in [5.74, 6) is 0. The van der Waals surface area contributed by atoms with Crippen LogP contribution in [-0.4, -0.2) is 4.99 Å². The highest BCUT2D eigenvalue weighted by molar-refractivity contribution is 9.10. The Morgan fingerprint density at radius 1 is 1.10 bits per heavy atom. The summed E-state index contributed by atoms with van der Waals surface area (Å²) in [5.41, 5.74) is 10.9. The first-order valence-corrected chi connectivity index (χ1v) is 8.01. The first kappa shape index (κ1) is 15.5. The maximum absolute atomic E-state index is 5.77. The molecule has 0 aromatic heterocycles. The molecule has 0 aliphatic rings. The second-order valence-electron chi connectivity index (χ2n) is 4.60. The fourth-order valence-electron chi connectivity index (χ4n) is 2.01. The predicted molar refractivity (Wildman–Crippen MR) is 96.9 cm³/mol. The highest BCUT2D eigenvalue weighted by atomic mass is 79.9. The first-order chi connectivity index (χ1) is 9.38. The Morgan fingerprint density at radius 3 is 2.25 bits per heavy atom. The number of hydrogen-bond donors (Lipinski definition) is 2. The number of benzene rings is 2. The Bertz CT molecular complexity index is 661. The van der Waals surface area contributed by atoms with Crippen molar-refractivity contribution in [3.63, 3.8) is 0 Å². The summed E-state index contributed by atoms with van der Waals surface area (Å²) in [5, 5.41) is 3.39. The number of thiocarbonyl (C=S) groups is 1. The zero-order chi connectivity index (χ0) is 14.9. The van der Waals surface area contributed by atoms with E-state index in [-0.39, 0.29) is 0 Å². The molecular weight excluding hydrogens is 400 g/mol. The molecule has 0 aliphatic heterocycles. The van der Waals surface area contributed by atoms with Gasteiger partial charge in [0.1, 0.15) is 4.99 Å². The predicted octanol–water partition coefficient (Wildman–Crippen LogP) is 5.21. The van der Waals surface area contributed by atoms with E-state index in [0.29, 0.717) is 4.99 Å². The Morgan fingerprint density at radius 2 is 1.70 bits per heavy atom. The molecule has 2 aromatic rings. The molecule has 0 saturated heterocycles. The second-order valence-corrected chi connectivity index (χ2v) is 6.75. The topological polar surface area (TPSA) is 38.0 Å². The van der Waals surface area contributed by atoms with Gasteiger partial charge in [0, 0.05) is 25.9 Å². The van der Waals surface area contributed by atoms with Crippen LogP contribution in [0.25, 0.3) is 0 Å². The van der Waals surface area contributed by atoms with Crippen LogP contribution in [0.15, 0.2) is 39.3 Å². The van der Waals surface area contributed by atoms with Gasteiger partial charge in [0.2, 0.25) is 0 Å². The van der Waals surface area contributed by atoms with Crippen molar-refractivity contribution < 1.29 is 0 Å². The average molecular weight is 414 g/mol. The lowest BCUT2D eigenvalue weighted by Gasteiger charge is -2.14. The molecule has 2 nitrogen and oxygen atoms in total. The number of aryl methyl sites for hydroxylation is 2. The van der Waals surface area contributed by atoms with E-state index < -0.39 is 0 Å². The van der Waals surface area contributed by atoms with Crippen LogP contribution in [0, 0.1) is 13.8 Å². The molecule has 0 amide bonds. The van der Waals surface area contributed by atoms with E-state index in [0.717, 1.165) is 25.9 Å². The van der Waals surface area contributed by atoms with Crippen LogP contribution in [0.3, 0.4) is 0 Å². The quantitative estimate of drug-likeness (QED) is 0.678. The summed E-state index contributed by atoms with van der Waals surface area (Å²) in [7, 11) is 0. The minimum atomic E-state index is 0.380. The van der Waals surface area contributed by atoms with Crippen LogP contribution < -0.4 is 11.1 Å². The number of nitrogens with two attached hydrogens (primary N) is 1. The number of halogens is 2. The third-order valence-corrected chi connectivity index (χ3v) is 4.93. The zero-order valence-corrected chi connectivity index (χ0v) is 15.1. The van der Waals surface area contributed by atoms with Gasteiger partial charge in [-0.25, -0.2) is 0 Å². The molecule has 0 radical (unpaired) electrons. The zero-order valence-electron chi connectivity index (χ0n) is 11.1. The Kier molecular flexibility index (Phi) is 4.83. The van der Waals surface area contributed by atoms with Crippen LogP contribution in [0.4, 0.5) is 11.4 Å². The minimum Gasteiger partial charge on any atom is -0.389 e. The van der Waals surface area contributed by atoms with Gasteiger partial charge in [-0.3, -0.25) is 0 Å². The van der Waals surface area contributed by atoms with Crippen LogP contribution >= 0.6 is 44.1 Å². The maximum Gasteiger partial charge on any atom is 0.106 e. The lowest BCUT2D eigenvalue weighted by Crippen LogP contribution is -2.12. The monoisotopic (exact) mass is 412 g/mol. The van der Waals surface area contributed by atoms with Crippen molar-refractivity contribution in [2.24, 2.45) is 5.73 Å². The Hall–Kier alpha value is -0.910. The van der Waals surface area contributed by atoms with Crippen LogP contribution in [-0.2, 0) is 0 Å². The molecule has 0 unspecified atom stereocenters. The molecule has 0 saturated carbocycles. The van der Waals surface area contributed by atoms with E-state index in [4.69, 9.17) is 18.0 Å². The normalized spacial score (nSPS) is 10.4. The van der Waals surface area contributed by atoms with Crippen LogP contribution in [0.1, 0.15) is 16.7 Å². The summed E-state index contributed by atoms with van der Waals surface area (Å²) >= 11 is 12.1. The fraction of sp³-hybridized carbons (Fsp3) is 0.133. The van der Waals surface area contributed by atoms with E-state index in [1.54, 1.807) is 0 Å². The fourth-order valence-corrected chi connectivity index (χ4v) is 2.78. The van der Waals surface area contributed by atoms with Gasteiger partial charge in [0.25, 0.3) is 0 Å². The minimum absolute atomic E-state index is 0.380. The molecule has 3 N–H and O–H groups in total. The lowest BCUT2D eigenvalue weighted by atomic mass is 10.1. The summed E-state index contributed by atoms with van der Waals surface area (Å²) in [6.07, 6.45) is 0. The van der Waals surface area contributed by atoms with Crippen molar-refractivity contribution in [3.8, 4) is 0 Å². The van der Waals surface area contributed by atoms with E-state index in [2.05, 4.69) is 63.2 Å². The number of rotatable bonds is 3. The highest BCUT2D eigenvalue weighted by Gasteiger charge is 2.08. The molecule has 0 fully saturated rings. The smallest absolute Gasteiger partial charge is 0.106 e. The van der Waals surface area contributed by atoms with Gasteiger partial charge in [-0.2, -0.15) is 0 Å². The SMILES string of the molecule is Cc1cc(Nc2cc(Br)ccc2C(N)=S)cc(C)c1Br. The second kappa shape index (κ2) is 6.24. The Labute approximate surface area is 141 Å². The van der Waals surface area contributed by atoms with Crippen molar-refractivity contribution >= 4 is 60.4 Å². The molecule has 0 heterocycles. The highest BCUT2D eigenvalue weighted by Crippen LogP contribution is 2.29. The van der Waals surface area contributed by atoms with Crippen LogP contribution in [0.2, 0.25) is 0 Å². The lowest BCUT2D eigenvalue weighted by molar-refractivity contribution is 1.33. The van der Waals surface area contributed by atoms with Crippen molar-refractivity contribution in [3.05, 3.63) is 56.0 Å². The molecule has 104 valence electrons. The van der Waals surface area contributed by atoms with E-state index in [9.17, 15) is 0 Å². The first-order valence-electron chi connectivity index (χ1n) is 6.01. The molecule has 0 atom stereocenters. The molecule has 20 heavy (non-hydrogen) atoms. The summed E-state index contributed by atoms with van der Waals surface area (Å²) in [4.78, 5) is 0.380. The largest absolute Gasteiger partial charge is 0.389 e. The molecule has 0 bridgehead atoms. The van der Waals surface area contributed by atoms with Crippen LogP contribution in [0.5, 0.6) is 0 Å². The van der Waals surface area contributed by atoms with Crippen molar-refractivity contribution in [2.75, 3.05) is 5.32 Å². The van der Waals surface area contributed by atoms with Gasteiger partial charge in [0.05, 0.1) is 0 Å². The molecular formula is C15H14Br2N2S. The van der Waals surface area contributed by atoms with Crippen molar-refractivity contribution in [1.82, 2.24) is 0 Å².